The summed E-state index contributed by atoms with van der Waals surface area (Å²) in [6.45, 7) is -1.55. The van der Waals surface area contributed by atoms with Gasteiger partial charge in [-0.15, -0.1) is 0 Å². The summed E-state index contributed by atoms with van der Waals surface area (Å²) in [4.78, 5) is 24.8. The zero-order chi connectivity index (χ0) is 19.3. The molecule has 26 heavy (non-hydrogen) atoms. The molecule has 1 aliphatic heterocycles. The number of amides is 2. The standard InChI is InChI=1S/C16H17F5N2O3/c17-11-6-10(7-12(18)8-11)3-4-22-14(24)13-2-1-5-23(13)15(25)26-9-16(19,20)21/h6-8,13H,1-5,9H2,(H,22,24). The first-order chi connectivity index (χ1) is 12.2. The molecule has 1 aromatic rings. The minimum atomic E-state index is -4.65. The Balaban J connectivity index is 1.84. The van der Waals surface area contributed by atoms with Crippen LogP contribution in [0, 0.1) is 11.6 Å². The summed E-state index contributed by atoms with van der Waals surface area (Å²) < 4.78 is 66.7. The Morgan fingerprint density at radius 2 is 1.85 bits per heavy atom. The van der Waals surface area contributed by atoms with Crippen LogP contribution in [0.4, 0.5) is 26.7 Å². The predicted molar refractivity (Wildman–Crippen MR) is 80.2 cm³/mol. The van der Waals surface area contributed by atoms with Crippen molar-refractivity contribution < 1.29 is 36.3 Å². The summed E-state index contributed by atoms with van der Waals surface area (Å²) in [7, 11) is 0. The van der Waals surface area contributed by atoms with E-state index in [4.69, 9.17) is 0 Å². The topological polar surface area (TPSA) is 58.6 Å². The van der Waals surface area contributed by atoms with E-state index >= 15 is 0 Å². The first-order valence-electron chi connectivity index (χ1n) is 7.88. The van der Waals surface area contributed by atoms with Gasteiger partial charge in [-0.1, -0.05) is 0 Å². The number of nitrogens with zero attached hydrogens (tertiary/aromatic N) is 1. The molecule has 2 rings (SSSR count). The molecule has 0 bridgehead atoms. The van der Waals surface area contributed by atoms with Crippen molar-refractivity contribution in [3.05, 3.63) is 35.4 Å². The molecule has 144 valence electrons. The number of nitrogens with one attached hydrogen (secondary N) is 1. The van der Waals surface area contributed by atoms with Crippen LogP contribution in [0.1, 0.15) is 18.4 Å². The van der Waals surface area contributed by atoms with E-state index in [1.54, 1.807) is 0 Å². The van der Waals surface area contributed by atoms with Crippen LogP contribution < -0.4 is 5.32 Å². The van der Waals surface area contributed by atoms with E-state index in [1.165, 1.54) is 0 Å². The van der Waals surface area contributed by atoms with Gasteiger partial charge in [-0.05, 0) is 37.0 Å². The number of hydrogen-bond acceptors (Lipinski definition) is 3. The van der Waals surface area contributed by atoms with Gasteiger partial charge in [-0.2, -0.15) is 13.2 Å². The fourth-order valence-corrected chi connectivity index (χ4v) is 2.69. The average molecular weight is 380 g/mol. The van der Waals surface area contributed by atoms with Crippen molar-refractivity contribution in [2.45, 2.75) is 31.5 Å². The Hall–Kier alpha value is -2.39. The van der Waals surface area contributed by atoms with Gasteiger partial charge in [0.05, 0.1) is 0 Å². The summed E-state index contributed by atoms with van der Waals surface area (Å²) in [5, 5.41) is 2.51. The lowest BCUT2D eigenvalue weighted by Gasteiger charge is -2.23. The highest BCUT2D eigenvalue weighted by Crippen LogP contribution is 2.21. The molecule has 1 aromatic carbocycles. The Kier molecular flexibility index (Phi) is 6.38. The van der Waals surface area contributed by atoms with Crippen molar-refractivity contribution in [1.82, 2.24) is 10.2 Å². The van der Waals surface area contributed by atoms with Gasteiger partial charge in [-0.3, -0.25) is 9.69 Å². The monoisotopic (exact) mass is 380 g/mol. The third-order valence-corrected chi connectivity index (χ3v) is 3.78. The smallest absolute Gasteiger partial charge is 0.422 e. The van der Waals surface area contributed by atoms with Crippen LogP contribution in [-0.4, -0.2) is 48.8 Å². The fraction of sp³-hybridized carbons (Fsp3) is 0.500. The molecule has 2 amide bonds. The molecule has 5 nitrogen and oxygen atoms in total. The number of halogens is 5. The maximum absolute atomic E-state index is 13.1. The number of benzene rings is 1. The predicted octanol–water partition coefficient (Wildman–Crippen LogP) is 2.79. The van der Waals surface area contributed by atoms with E-state index in [2.05, 4.69) is 10.1 Å². The van der Waals surface area contributed by atoms with Gasteiger partial charge < -0.3 is 10.1 Å². The molecule has 0 spiro atoms. The third-order valence-electron chi connectivity index (χ3n) is 3.78. The van der Waals surface area contributed by atoms with E-state index < -0.39 is 42.5 Å². The molecule has 1 fully saturated rings. The van der Waals surface area contributed by atoms with E-state index in [1.807, 2.05) is 0 Å². The number of hydrogen-bond donors (Lipinski definition) is 1. The minimum Gasteiger partial charge on any atom is -0.440 e. The Bertz CT molecular complexity index is 646. The third kappa shape index (κ3) is 5.85. The summed E-state index contributed by atoms with van der Waals surface area (Å²) in [6.07, 6.45) is -4.94. The molecule has 0 radical (unpaired) electrons. The molecule has 0 saturated carbocycles. The second-order valence-electron chi connectivity index (χ2n) is 5.84. The number of carbonyl (C=O) groups is 2. The van der Waals surface area contributed by atoms with Crippen LogP contribution in [0.5, 0.6) is 0 Å². The molecule has 1 N–H and O–H groups in total. The first kappa shape index (κ1) is 19.9. The van der Waals surface area contributed by atoms with Crippen LogP contribution in [0.3, 0.4) is 0 Å². The van der Waals surface area contributed by atoms with Crippen molar-refractivity contribution in [2.75, 3.05) is 19.7 Å². The van der Waals surface area contributed by atoms with Crippen molar-refractivity contribution in [2.24, 2.45) is 0 Å². The van der Waals surface area contributed by atoms with Crippen molar-refractivity contribution in [3.8, 4) is 0 Å². The SMILES string of the molecule is O=C(NCCc1cc(F)cc(F)c1)C1CCCN1C(=O)OCC(F)(F)F. The highest BCUT2D eigenvalue weighted by atomic mass is 19.4. The van der Waals surface area contributed by atoms with Gasteiger partial charge in [0.1, 0.15) is 17.7 Å². The lowest BCUT2D eigenvalue weighted by molar-refractivity contribution is -0.162. The number of likely N-dealkylation sites (tertiary alicyclic amines) is 1. The summed E-state index contributed by atoms with van der Waals surface area (Å²) in [5.74, 6) is -2.02. The van der Waals surface area contributed by atoms with Crippen molar-refractivity contribution in [1.29, 1.82) is 0 Å². The number of ether oxygens (including phenoxy) is 1. The zero-order valence-corrected chi connectivity index (χ0v) is 13.6. The Labute approximate surface area is 146 Å². The Morgan fingerprint density at radius 1 is 1.19 bits per heavy atom. The largest absolute Gasteiger partial charge is 0.440 e. The van der Waals surface area contributed by atoms with Crippen LogP contribution in [-0.2, 0) is 16.0 Å². The minimum absolute atomic E-state index is 0.0592. The summed E-state index contributed by atoms with van der Waals surface area (Å²) in [5.41, 5.74) is 0.343. The van der Waals surface area contributed by atoms with Crippen LogP contribution in [0.2, 0.25) is 0 Å². The van der Waals surface area contributed by atoms with Crippen molar-refractivity contribution in [3.63, 3.8) is 0 Å². The molecule has 10 heteroatoms. The molecule has 0 aromatic heterocycles. The number of rotatable bonds is 5. The van der Waals surface area contributed by atoms with Crippen LogP contribution >= 0.6 is 0 Å². The van der Waals surface area contributed by atoms with E-state index in [0.29, 0.717) is 18.4 Å². The lowest BCUT2D eigenvalue weighted by atomic mass is 10.1. The first-order valence-corrected chi connectivity index (χ1v) is 7.88. The van der Waals surface area contributed by atoms with Gasteiger partial charge in [0.25, 0.3) is 0 Å². The van der Waals surface area contributed by atoms with E-state index in [-0.39, 0.29) is 19.5 Å². The maximum atomic E-state index is 13.1. The molecular formula is C16H17F5N2O3. The van der Waals surface area contributed by atoms with Crippen LogP contribution in [0.25, 0.3) is 0 Å². The molecule has 1 heterocycles. The number of alkyl halides is 3. The van der Waals surface area contributed by atoms with Crippen LogP contribution in [0.15, 0.2) is 18.2 Å². The normalized spacial score (nSPS) is 17.3. The van der Waals surface area contributed by atoms with Gasteiger partial charge in [-0.25, -0.2) is 13.6 Å². The lowest BCUT2D eigenvalue weighted by Crippen LogP contribution is -2.47. The molecular weight excluding hydrogens is 363 g/mol. The maximum Gasteiger partial charge on any atom is 0.422 e. The quantitative estimate of drug-likeness (QED) is 0.800. The zero-order valence-electron chi connectivity index (χ0n) is 13.6. The molecule has 1 atom stereocenters. The number of carbonyl (C=O) groups excluding carboxylic acids is 2. The van der Waals surface area contributed by atoms with Gasteiger partial charge >= 0.3 is 12.3 Å². The highest BCUT2D eigenvalue weighted by Gasteiger charge is 2.37. The molecule has 1 saturated heterocycles. The van der Waals surface area contributed by atoms with E-state index in [0.717, 1.165) is 23.1 Å². The fourth-order valence-electron chi connectivity index (χ4n) is 2.69. The van der Waals surface area contributed by atoms with Gasteiger partial charge in [0, 0.05) is 19.2 Å². The molecule has 1 unspecified atom stereocenters. The second-order valence-corrected chi connectivity index (χ2v) is 5.84. The summed E-state index contributed by atoms with van der Waals surface area (Å²) >= 11 is 0. The van der Waals surface area contributed by atoms with Gasteiger partial charge in [0.15, 0.2) is 6.61 Å². The highest BCUT2D eigenvalue weighted by molar-refractivity contribution is 5.86. The average Bonchev–Trinajstić information content (AvgIpc) is 3.00. The van der Waals surface area contributed by atoms with Gasteiger partial charge in [0.2, 0.25) is 5.91 Å². The molecule has 1 aliphatic rings. The van der Waals surface area contributed by atoms with Crippen molar-refractivity contribution >= 4 is 12.0 Å². The summed E-state index contributed by atoms with van der Waals surface area (Å²) in [6, 6.07) is 2.06. The second kappa shape index (κ2) is 8.33. The Morgan fingerprint density at radius 3 is 2.46 bits per heavy atom. The van der Waals surface area contributed by atoms with E-state index in [9.17, 15) is 31.5 Å². The molecule has 0 aliphatic carbocycles.